The Morgan fingerprint density at radius 1 is 1.10 bits per heavy atom. The van der Waals surface area contributed by atoms with Crippen LogP contribution in [0.1, 0.15) is 16.7 Å². The molecule has 4 nitrogen and oxygen atoms in total. The first-order valence-corrected chi connectivity index (χ1v) is 6.74. The van der Waals surface area contributed by atoms with Crippen molar-refractivity contribution in [1.29, 1.82) is 0 Å². The Kier molecular flexibility index (Phi) is 4.82. The van der Waals surface area contributed by atoms with Gasteiger partial charge in [0.15, 0.2) is 6.61 Å². The molecule has 0 atom stereocenters. The van der Waals surface area contributed by atoms with Crippen LogP contribution in [0.3, 0.4) is 0 Å². The molecule has 0 saturated heterocycles. The maximum Gasteiger partial charge on any atom is 0.344 e. The monoisotopic (exact) mass is 285 g/mol. The predicted molar refractivity (Wildman–Crippen MR) is 82.1 cm³/mol. The third-order valence-electron chi connectivity index (χ3n) is 2.90. The second-order valence-corrected chi connectivity index (χ2v) is 5.02. The van der Waals surface area contributed by atoms with E-state index >= 15 is 0 Å². The quantitative estimate of drug-likeness (QED) is 0.677. The van der Waals surface area contributed by atoms with Gasteiger partial charge in [0.1, 0.15) is 12.4 Å². The van der Waals surface area contributed by atoms with Crippen molar-refractivity contribution in [2.45, 2.75) is 20.5 Å². The van der Waals surface area contributed by atoms with E-state index in [0.29, 0.717) is 11.4 Å². The van der Waals surface area contributed by atoms with Crippen molar-refractivity contribution < 1.29 is 14.3 Å². The summed E-state index contributed by atoms with van der Waals surface area (Å²) < 4.78 is 10.5. The van der Waals surface area contributed by atoms with Crippen LogP contribution in [0.5, 0.6) is 5.75 Å². The van der Waals surface area contributed by atoms with Crippen molar-refractivity contribution in [2.24, 2.45) is 0 Å². The zero-order valence-electron chi connectivity index (χ0n) is 12.3. The molecule has 0 heterocycles. The lowest BCUT2D eigenvalue weighted by atomic mass is 10.1. The summed E-state index contributed by atoms with van der Waals surface area (Å²) >= 11 is 0. The maximum absolute atomic E-state index is 11.7. The van der Waals surface area contributed by atoms with Gasteiger partial charge in [0, 0.05) is 11.8 Å². The molecule has 0 aliphatic carbocycles. The summed E-state index contributed by atoms with van der Waals surface area (Å²) in [6.07, 6.45) is 0. The highest BCUT2D eigenvalue weighted by molar-refractivity contribution is 5.71. The number of esters is 1. The van der Waals surface area contributed by atoms with E-state index < -0.39 is 5.97 Å². The fourth-order valence-corrected chi connectivity index (χ4v) is 2.10. The molecule has 0 radical (unpaired) electrons. The molecule has 0 spiro atoms. The fraction of sp³-hybridized carbons (Fsp3) is 0.235. The molecule has 0 aliphatic heterocycles. The Morgan fingerprint density at radius 2 is 1.81 bits per heavy atom. The molecule has 2 aromatic carbocycles. The molecular formula is C17H19NO3. The summed E-state index contributed by atoms with van der Waals surface area (Å²) in [5.41, 5.74) is 9.50. The first-order valence-electron chi connectivity index (χ1n) is 6.74. The number of carbonyl (C=O) groups excluding carboxylic acids is 1. The van der Waals surface area contributed by atoms with Crippen LogP contribution < -0.4 is 10.5 Å². The van der Waals surface area contributed by atoms with Gasteiger partial charge in [-0.2, -0.15) is 0 Å². The molecule has 2 aromatic rings. The topological polar surface area (TPSA) is 61.5 Å². The number of aryl methyl sites for hydroxylation is 2. The van der Waals surface area contributed by atoms with Crippen molar-refractivity contribution >= 4 is 11.7 Å². The fourth-order valence-electron chi connectivity index (χ4n) is 2.10. The van der Waals surface area contributed by atoms with Crippen molar-refractivity contribution in [3.05, 3.63) is 59.2 Å². The molecular weight excluding hydrogens is 266 g/mol. The maximum atomic E-state index is 11.7. The van der Waals surface area contributed by atoms with Crippen LogP contribution in [0.15, 0.2) is 42.5 Å². The first kappa shape index (κ1) is 14.9. The Labute approximate surface area is 124 Å². The Balaban J connectivity index is 1.82. The van der Waals surface area contributed by atoms with Gasteiger partial charge in [0.05, 0.1) is 0 Å². The molecule has 0 bridgehead atoms. The molecule has 110 valence electrons. The highest BCUT2D eigenvalue weighted by atomic mass is 16.6. The third kappa shape index (κ3) is 4.84. The normalized spacial score (nSPS) is 10.2. The van der Waals surface area contributed by atoms with Crippen LogP contribution in [0.25, 0.3) is 0 Å². The molecule has 0 amide bonds. The van der Waals surface area contributed by atoms with E-state index in [1.807, 2.05) is 26.0 Å². The number of ether oxygens (including phenoxy) is 2. The molecule has 0 fully saturated rings. The van der Waals surface area contributed by atoms with Gasteiger partial charge in [-0.05, 0) is 31.5 Å². The number of anilines is 1. The minimum Gasteiger partial charge on any atom is -0.482 e. The van der Waals surface area contributed by atoms with E-state index in [-0.39, 0.29) is 13.2 Å². The van der Waals surface area contributed by atoms with Gasteiger partial charge < -0.3 is 15.2 Å². The average molecular weight is 285 g/mol. The Bertz CT molecular complexity index is 617. The number of hydrogen-bond acceptors (Lipinski definition) is 4. The minimum atomic E-state index is -0.406. The summed E-state index contributed by atoms with van der Waals surface area (Å²) in [4.78, 5) is 11.7. The lowest BCUT2D eigenvalue weighted by molar-refractivity contribution is -0.147. The van der Waals surface area contributed by atoms with Crippen LogP contribution >= 0.6 is 0 Å². The molecule has 21 heavy (non-hydrogen) atoms. The van der Waals surface area contributed by atoms with E-state index in [2.05, 4.69) is 6.07 Å². The van der Waals surface area contributed by atoms with Gasteiger partial charge >= 0.3 is 5.97 Å². The van der Waals surface area contributed by atoms with Gasteiger partial charge in [-0.3, -0.25) is 0 Å². The summed E-state index contributed by atoms with van der Waals surface area (Å²) in [7, 11) is 0. The number of benzene rings is 2. The Hall–Kier alpha value is -2.49. The SMILES string of the molecule is Cc1cc(C)cc(COC(=O)COc2cccc(N)c2)c1. The second-order valence-electron chi connectivity index (χ2n) is 5.02. The lowest BCUT2D eigenvalue weighted by Gasteiger charge is -2.08. The van der Waals surface area contributed by atoms with Crippen molar-refractivity contribution in [3.63, 3.8) is 0 Å². The number of rotatable bonds is 5. The van der Waals surface area contributed by atoms with E-state index in [1.54, 1.807) is 24.3 Å². The third-order valence-corrected chi connectivity index (χ3v) is 2.90. The van der Waals surface area contributed by atoms with Gasteiger partial charge in [0.25, 0.3) is 0 Å². The highest BCUT2D eigenvalue weighted by Crippen LogP contribution is 2.14. The summed E-state index contributed by atoms with van der Waals surface area (Å²) in [5.74, 6) is 0.148. The summed E-state index contributed by atoms with van der Waals surface area (Å²) in [6, 6.07) is 13.0. The van der Waals surface area contributed by atoms with Gasteiger partial charge in [-0.15, -0.1) is 0 Å². The number of nitrogens with two attached hydrogens (primary N) is 1. The van der Waals surface area contributed by atoms with E-state index in [9.17, 15) is 4.79 Å². The average Bonchev–Trinajstić information content (AvgIpc) is 2.42. The van der Waals surface area contributed by atoms with Crippen LogP contribution in [0.4, 0.5) is 5.69 Å². The van der Waals surface area contributed by atoms with Crippen molar-refractivity contribution in [1.82, 2.24) is 0 Å². The smallest absolute Gasteiger partial charge is 0.344 e. The van der Waals surface area contributed by atoms with E-state index in [4.69, 9.17) is 15.2 Å². The van der Waals surface area contributed by atoms with Crippen LogP contribution in [-0.2, 0) is 16.1 Å². The predicted octanol–water partition coefficient (Wildman–Crippen LogP) is 3.01. The molecule has 0 saturated carbocycles. The zero-order valence-corrected chi connectivity index (χ0v) is 12.3. The first-order chi connectivity index (χ1) is 10.0. The van der Waals surface area contributed by atoms with Crippen LogP contribution in [0.2, 0.25) is 0 Å². The molecule has 0 unspecified atom stereocenters. The molecule has 0 aromatic heterocycles. The van der Waals surface area contributed by atoms with Crippen molar-refractivity contribution in [2.75, 3.05) is 12.3 Å². The lowest BCUT2D eigenvalue weighted by Crippen LogP contribution is -2.14. The van der Waals surface area contributed by atoms with Crippen molar-refractivity contribution in [3.8, 4) is 5.75 Å². The molecule has 2 rings (SSSR count). The standard InChI is InChI=1S/C17H19NO3/c1-12-6-13(2)8-14(7-12)10-21-17(19)11-20-16-5-3-4-15(18)9-16/h3-9H,10-11,18H2,1-2H3. The highest BCUT2D eigenvalue weighted by Gasteiger charge is 2.06. The summed E-state index contributed by atoms with van der Waals surface area (Å²) in [5, 5.41) is 0. The van der Waals surface area contributed by atoms with Gasteiger partial charge in [-0.1, -0.05) is 35.4 Å². The molecule has 0 aliphatic rings. The second kappa shape index (κ2) is 6.79. The minimum absolute atomic E-state index is 0.131. The van der Waals surface area contributed by atoms with E-state index in [0.717, 1.165) is 16.7 Å². The number of nitrogen functional groups attached to an aromatic ring is 1. The van der Waals surface area contributed by atoms with Gasteiger partial charge in [-0.25, -0.2) is 4.79 Å². The molecule has 2 N–H and O–H groups in total. The summed E-state index contributed by atoms with van der Waals surface area (Å²) in [6.45, 7) is 4.15. The Morgan fingerprint density at radius 3 is 2.48 bits per heavy atom. The van der Waals surface area contributed by atoms with Crippen LogP contribution in [-0.4, -0.2) is 12.6 Å². The van der Waals surface area contributed by atoms with Crippen LogP contribution in [0, 0.1) is 13.8 Å². The molecule has 4 heteroatoms. The zero-order chi connectivity index (χ0) is 15.2. The van der Waals surface area contributed by atoms with E-state index in [1.165, 1.54) is 0 Å². The van der Waals surface area contributed by atoms with Gasteiger partial charge in [0.2, 0.25) is 0 Å². The number of hydrogen-bond donors (Lipinski definition) is 1. The number of carbonyl (C=O) groups is 1. The largest absolute Gasteiger partial charge is 0.482 e.